The standard InChI is InChI=1S/C15H19N5O2S/c1-10-18-19-15(23-10)20-6-3-11(4-7-20)9-22-12-2-5-17-13(8-12)14(16)21/h2,5,8,11H,3-4,6-7,9H2,1H3,(H2,16,21). The molecule has 122 valence electrons. The van der Waals surface area contributed by atoms with E-state index in [2.05, 4.69) is 20.1 Å². The number of anilines is 1. The van der Waals surface area contributed by atoms with Crippen LogP contribution in [0, 0.1) is 12.8 Å². The summed E-state index contributed by atoms with van der Waals surface area (Å²) < 4.78 is 5.79. The van der Waals surface area contributed by atoms with Gasteiger partial charge in [-0.05, 0) is 31.7 Å². The first-order valence-corrected chi connectivity index (χ1v) is 8.37. The molecule has 1 amide bonds. The maximum Gasteiger partial charge on any atom is 0.267 e. The van der Waals surface area contributed by atoms with Gasteiger partial charge in [-0.1, -0.05) is 11.3 Å². The molecule has 1 saturated heterocycles. The lowest BCUT2D eigenvalue weighted by Gasteiger charge is -2.31. The van der Waals surface area contributed by atoms with E-state index in [9.17, 15) is 4.79 Å². The molecule has 1 aliphatic rings. The molecule has 7 nitrogen and oxygen atoms in total. The lowest BCUT2D eigenvalue weighted by atomic mass is 9.98. The van der Waals surface area contributed by atoms with E-state index < -0.39 is 5.91 Å². The van der Waals surface area contributed by atoms with Gasteiger partial charge in [0, 0.05) is 25.4 Å². The molecule has 1 fully saturated rings. The van der Waals surface area contributed by atoms with E-state index in [-0.39, 0.29) is 5.69 Å². The van der Waals surface area contributed by atoms with Crippen molar-refractivity contribution in [2.24, 2.45) is 11.7 Å². The topological polar surface area (TPSA) is 94.2 Å². The SMILES string of the molecule is Cc1nnc(N2CCC(COc3ccnc(C(N)=O)c3)CC2)s1. The van der Waals surface area contributed by atoms with Crippen LogP contribution in [0.15, 0.2) is 18.3 Å². The third-order valence-corrected chi connectivity index (χ3v) is 4.77. The Balaban J connectivity index is 1.49. The van der Waals surface area contributed by atoms with E-state index in [4.69, 9.17) is 10.5 Å². The second kappa shape index (κ2) is 6.91. The van der Waals surface area contributed by atoms with Crippen LogP contribution in [-0.2, 0) is 0 Å². The number of rotatable bonds is 5. The van der Waals surface area contributed by atoms with Crippen LogP contribution in [-0.4, -0.2) is 40.8 Å². The van der Waals surface area contributed by atoms with E-state index in [1.54, 1.807) is 23.5 Å². The summed E-state index contributed by atoms with van der Waals surface area (Å²) in [4.78, 5) is 17.3. The van der Waals surface area contributed by atoms with Gasteiger partial charge in [0.25, 0.3) is 5.91 Å². The van der Waals surface area contributed by atoms with Crippen molar-refractivity contribution in [1.82, 2.24) is 15.2 Å². The van der Waals surface area contributed by atoms with E-state index in [1.807, 2.05) is 6.92 Å². The Labute approximate surface area is 138 Å². The Morgan fingerprint density at radius 1 is 1.43 bits per heavy atom. The number of aryl methyl sites for hydroxylation is 1. The van der Waals surface area contributed by atoms with Crippen molar-refractivity contribution in [2.45, 2.75) is 19.8 Å². The zero-order chi connectivity index (χ0) is 16.2. The number of aromatic nitrogens is 3. The molecule has 0 aliphatic carbocycles. The Hall–Kier alpha value is -2.22. The number of nitrogens with two attached hydrogens (primary N) is 1. The molecule has 3 heterocycles. The minimum atomic E-state index is -0.545. The highest BCUT2D eigenvalue weighted by molar-refractivity contribution is 7.15. The number of hydrogen-bond acceptors (Lipinski definition) is 7. The molecule has 0 aromatic carbocycles. The van der Waals surface area contributed by atoms with E-state index in [0.29, 0.717) is 18.3 Å². The summed E-state index contributed by atoms with van der Waals surface area (Å²) in [6.45, 7) is 4.53. The number of nitrogens with zero attached hydrogens (tertiary/aromatic N) is 4. The molecule has 1 aliphatic heterocycles. The lowest BCUT2D eigenvalue weighted by molar-refractivity contribution is 0.0995. The van der Waals surface area contributed by atoms with Crippen LogP contribution in [0.5, 0.6) is 5.75 Å². The summed E-state index contributed by atoms with van der Waals surface area (Å²) in [6.07, 6.45) is 3.63. The van der Waals surface area contributed by atoms with Crippen LogP contribution in [0.25, 0.3) is 0 Å². The van der Waals surface area contributed by atoms with Crippen molar-refractivity contribution in [3.8, 4) is 5.75 Å². The van der Waals surface area contributed by atoms with Crippen molar-refractivity contribution < 1.29 is 9.53 Å². The molecule has 0 unspecified atom stereocenters. The first-order chi connectivity index (χ1) is 11.1. The predicted molar refractivity (Wildman–Crippen MR) is 87.8 cm³/mol. The molecule has 0 spiro atoms. The zero-order valence-electron chi connectivity index (χ0n) is 12.9. The monoisotopic (exact) mass is 333 g/mol. The minimum Gasteiger partial charge on any atom is -0.493 e. The molecule has 2 aromatic heterocycles. The van der Waals surface area contributed by atoms with Gasteiger partial charge in [-0.2, -0.15) is 0 Å². The van der Waals surface area contributed by atoms with Crippen molar-refractivity contribution in [3.05, 3.63) is 29.0 Å². The van der Waals surface area contributed by atoms with Gasteiger partial charge in [-0.25, -0.2) is 0 Å². The van der Waals surface area contributed by atoms with Crippen molar-refractivity contribution in [2.75, 3.05) is 24.6 Å². The molecule has 0 saturated carbocycles. The van der Waals surface area contributed by atoms with E-state index in [1.165, 1.54) is 6.20 Å². The van der Waals surface area contributed by atoms with E-state index in [0.717, 1.165) is 36.1 Å². The number of piperidine rings is 1. The maximum absolute atomic E-state index is 11.1. The molecule has 2 aromatic rings. The Morgan fingerprint density at radius 3 is 2.87 bits per heavy atom. The average molecular weight is 333 g/mol. The molecule has 3 rings (SSSR count). The smallest absolute Gasteiger partial charge is 0.267 e. The van der Waals surface area contributed by atoms with Gasteiger partial charge in [-0.3, -0.25) is 9.78 Å². The Kier molecular flexibility index (Phi) is 4.71. The normalized spacial score (nSPS) is 15.6. The number of carbonyl (C=O) groups is 1. The van der Waals surface area contributed by atoms with Crippen molar-refractivity contribution >= 4 is 22.4 Å². The fourth-order valence-corrected chi connectivity index (χ4v) is 3.29. The zero-order valence-corrected chi connectivity index (χ0v) is 13.8. The van der Waals surface area contributed by atoms with Crippen LogP contribution in [0.2, 0.25) is 0 Å². The van der Waals surface area contributed by atoms with Gasteiger partial charge >= 0.3 is 0 Å². The number of ether oxygens (including phenoxy) is 1. The van der Waals surface area contributed by atoms with Crippen LogP contribution in [0.4, 0.5) is 5.13 Å². The third-order valence-electron chi connectivity index (χ3n) is 3.87. The predicted octanol–water partition coefficient (Wildman–Crippen LogP) is 1.64. The van der Waals surface area contributed by atoms with Crippen LogP contribution < -0.4 is 15.4 Å². The molecule has 2 N–H and O–H groups in total. The number of pyridine rings is 1. The van der Waals surface area contributed by atoms with Gasteiger partial charge in [0.2, 0.25) is 5.13 Å². The molecule has 0 atom stereocenters. The molecule has 0 radical (unpaired) electrons. The van der Waals surface area contributed by atoms with Gasteiger partial charge in [0.05, 0.1) is 6.61 Å². The summed E-state index contributed by atoms with van der Waals surface area (Å²) in [5.41, 5.74) is 5.45. The number of primary amides is 1. The Bertz CT molecular complexity index is 682. The quantitative estimate of drug-likeness (QED) is 0.894. The van der Waals surface area contributed by atoms with Gasteiger partial charge in [0.1, 0.15) is 16.5 Å². The summed E-state index contributed by atoms with van der Waals surface area (Å²) in [5.74, 6) is 0.581. The maximum atomic E-state index is 11.1. The first kappa shape index (κ1) is 15.7. The van der Waals surface area contributed by atoms with Crippen LogP contribution in [0.3, 0.4) is 0 Å². The first-order valence-electron chi connectivity index (χ1n) is 7.55. The minimum absolute atomic E-state index is 0.226. The van der Waals surface area contributed by atoms with Crippen molar-refractivity contribution in [1.29, 1.82) is 0 Å². The molecule has 23 heavy (non-hydrogen) atoms. The molecule has 0 bridgehead atoms. The second-order valence-corrected chi connectivity index (χ2v) is 6.75. The number of amides is 1. The molecular weight excluding hydrogens is 314 g/mol. The highest BCUT2D eigenvalue weighted by atomic mass is 32.1. The largest absolute Gasteiger partial charge is 0.493 e. The van der Waals surface area contributed by atoms with Gasteiger partial charge in [-0.15, -0.1) is 10.2 Å². The summed E-state index contributed by atoms with van der Waals surface area (Å²) in [5, 5.41) is 10.3. The fourth-order valence-electron chi connectivity index (χ4n) is 2.55. The van der Waals surface area contributed by atoms with Crippen molar-refractivity contribution in [3.63, 3.8) is 0 Å². The molecule has 8 heteroatoms. The number of carbonyl (C=O) groups excluding carboxylic acids is 1. The second-order valence-electron chi connectivity index (χ2n) is 5.59. The highest BCUT2D eigenvalue weighted by Gasteiger charge is 2.22. The lowest BCUT2D eigenvalue weighted by Crippen LogP contribution is -2.35. The van der Waals surface area contributed by atoms with Gasteiger partial charge < -0.3 is 15.4 Å². The van der Waals surface area contributed by atoms with Crippen LogP contribution >= 0.6 is 11.3 Å². The summed E-state index contributed by atoms with van der Waals surface area (Å²) >= 11 is 1.63. The van der Waals surface area contributed by atoms with Crippen LogP contribution in [0.1, 0.15) is 28.3 Å². The fraction of sp³-hybridized carbons (Fsp3) is 0.467. The third kappa shape index (κ3) is 3.95. The highest BCUT2D eigenvalue weighted by Crippen LogP contribution is 2.26. The summed E-state index contributed by atoms with van der Waals surface area (Å²) in [6, 6.07) is 3.33. The van der Waals surface area contributed by atoms with E-state index >= 15 is 0 Å². The van der Waals surface area contributed by atoms with Gasteiger partial charge in [0.15, 0.2) is 0 Å². The summed E-state index contributed by atoms with van der Waals surface area (Å²) in [7, 11) is 0. The Morgan fingerprint density at radius 2 is 2.22 bits per heavy atom. The number of hydrogen-bond donors (Lipinski definition) is 1. The molecular formula is C15H19N5O2S. The average Bonchev–Trinajstić information content (AvgIpc) is 3.00.